The van der Waals surface area contributed by atoms with Gasteiger partial charge in [0.05, 0.1) is 0 Å². The summed E-state index contributed by atoms with van der Waals surface area (Å²) < 4.78 is 0. The lowest BCUT2D eigenvalue weighted by Crippen LogP contribution is -2.42. The zero-order valence-electron chi connectivity index (χ0n) is 9.02. The van der Waals surface area contributed by atoms with E-state index in [-0.39, 0.29) is 6.04 Å². The minimum Gasteiger partial charge on any atom is -0.327 e. The molecule has 82 valence electrons. The first-order valence-corrected chi connectivity index (χ1v) is 5.71. The van der Waals surface area contributed by atoms with E-state index < -0.39 is 0 Å². The Morgan fingerprint density at radius 2 is 2.53 bits per heavy atom. The molecule has 0 saturated carbocycles. The van der Waals surface area contributed by atoms with Crippen LogP contribution < -0.4 is 11.1 Å². The molecule has 2 rings (SSSR count). The second-order valence-corrected chi connectivity index (χ2v) is 4.34. The van der Waals surface area contributed by atoms with Crippen LogP contribution in [0.5, 0.6) is 0 Å². The highest BCUT2D eigenvalue weighted by Gasteiger charge is 2.20. The van der Waals surface area contributed by atoms with E-state index in [2.05, 4.69) is 16.4 Å². The molecule has 1 aliphatic rings. The Morgan fingerprint density at radius 1 is 1.60 bits per heavy atom. The summed E-state index contributed by atoms with van der Waals surface area (Å²) in [5.41, 5.74) is 7.46. The number of aromatic nitrogens is 1. The molecular formula is C12H19N3. The summed E-state index contributed by atoms with van der Waals surface area (Å²) in [6, 6.07) is 4.34. The van der Waals surface area contributed by atoms with Gasteiger partial charge in [-0.15, -0.1) is 0 Å². The van der Waals surface area contributed by atoms with Gasteiger partial charge >= 0.3 is 0 Å². The highest BCUT2D eigenvalue weighted by Crippen LogP contribution is 2.15. The van der Waals surface area contributed by atoms with Crippen molar-refractivity contribution in [3.05, 3.63) is 30.1 Å². The second-order valence-electron chi connectivity index (χ2n) is 4.34. The van der Waals surface area contributed by atoms with Crippen molar-refractivity contribution in [2.24, 2.45) is 11.7 Å². The summed E-state index contributed by atoms with van der Waals surface area (Å²) in [6.45, 7) is 2.22. The van der Waals surface area contributed by atoms with Crippen molar-refractivity contribution >= 4 is 0 Å². The van der Waals surface area contributed by atoms with Crippen LogP contribution in [-0.2, 0) is 6.42 Å². The molecule has 0 aromatic carbocycles. The van der Waals surface area contributed by atoms with Gasteiger partial charge in [-0.25, -0.2) is 0 Å². The molecule has 2 heterocycles. The lowest BCUT2D eigenvalue weighted by Gasteiger charge is -2.28. The number of rotatable bonds is 3. The topological polar surface area (TPSA) is 50.9 Å². The van der Waals surface area contributed by atoms with Crippen LogP contribution >= 0.6 is 0 Å². The third-order valence-electron chi connectivity index (χ3n) is 3.13. The van der Waals surface area contributed by atoms with Crippen LogP contribution in [0.3, 0.4) is 0 Å². The number of hydrogen-bond acceptors (Lipinski definition) is 3. The van der Waals surface area contributed by atoms with E-state index in [4.69, 9.17) is 5.73 Å². The fourth-order valence-electron chi connectivity index (χ4n) is 2.20. The number of pyridine rings is 1. The molecule has 0 bridgehead atoms. The van der Waals surface area contributed by atoms with Crippen LogP contribution in [0.4, 0.5) is 0 Å². The zero-order valence-corrected chi connectivity index (χ0v) is 9.02. The Bertz CT molecular complexity index is 280. The lowest BCUT2D eigenvalue weighted by atomic mass is 9.89. The lowest BCUT2D eigenvalue weighted by molar-refractivity contribution is 0.320. The number of hydrogen-bond donors (Lipinski definition) is 2. The number of nitrogens with two attached hydrogens (primary N) is 1. The van der Waals surface area contributed by atoms with Gasteiger partial charge in [0.15, 0.2) is 0 Å². The molecule has 1 saturated heterocycles. The fourth-order valence-corrected chi connectivity index (χ4v) is 2.20. The SMILES string of the molecule is NC(Cc1cccnc1)C1CCCNC1. The third kappa shape index (κ3) is 3.01. The molecule has 2 atom stereocenters. The highest BCUT2D eigenvalue weighted by molar-refractivity contribution is 5.10. The number of nitrogens with one attached hydrogen (secondary N) is 1. The Kier molecular flexibility index (Phi) is 3.69. The summed E-state index contributed by atoms with van der Waals surface area (Å²) in [4.78, 5) is 4.11. The summed E-state index contributed by atoms with van der Waals surface area (Å²) in [7, 11) is 0. The van der Waals surface area contributed by atoms with E-state index >= 15 is 0 Å². The van der Waals surface area contributed by atoms with Crippen molar-refractivity contribution < 1.29 is 0 Å². The van der Waals surface area contributed by atoms with E-state index in [0.717, 1.165) is 19.5 Å². The van der Waals surface area contributed by atoms with Gasteiger partial charge in [-0.1, -0.05) is 6.07 Å². The predicted octanol–water partition coefficient (Wildman–Crippen LogP) is 0.951. The predicted molar refractivity (Wildman–Crippen MR) is 61.5 cm³/mol. The zero-order chi connectivity index (χ0) is 10.5. The van der Waals surface area contributed by atoms with Gasteiger partial charge in [-0.2, -0.15) is 0 Å². The molecule has 2 unspecified atom stereocenters. The van der Waals surface area contributed by atoms with Crippen molar-refractivity contribution in [3.63, 3.8) is 0 Å². The van der Waals surface area contributed by atoms with Crippen molar-refractivity contribution in [1.29, 1.82) is 0 Å². The number of nitrogens with zero attached hydrogens (tertiary/aromatic N) is 1. The molecule has 3 heteroatoms. The van der Waals surface area contributed by atoms with Gasteiger partial charge in [0, 0.05) is 18.4 Å². The summed E-state index contributed by atoms with van der Waals surface area (Å²) >= 11 is 0. The molecule has 15 heavy (non-hydrogen) atoms. The van der Waals surface area contributed by atoms with Crippen LogP contribution in [0.25, 0.3) is 0 Å². The highest BCUT2D eigenvalue weighted by atomic mass is 14.9. The Balaban J connectivity index is 1.88. The summed E-state index contributed by atoms with van der Waals surface area (Å²) in [5, 5.41) is 3.41. The van der Waals surface area contributed by atoms with E-state index in [1.165, 1.54) is 18.4 Å². The minimum atomic E-state index is 0.266. The maximum absolute atomic E-state index is 6.21. The Labute approximate surface area is 91.1 Å². The second kappa shape index (κ2) is 5.24. The molecule has 0 spiro atoms. The molecule has 0 aliphatic carbocycles. The molecule has 1 fully saturated rings. The molecule has 1 aromatic heterocycles. The van der Waals surface area contributed by atoms with Crippen LogP contribution in [0.15, 0.2) is 24.5 Å². The largest absolute Gasteiger partial charge is 0.327 e. The molecule has 1 aromatic rings. The van der Waals surface area contributed by atoms with Crippen molar-refractivity contribution in [1.82, 2.24) is 10.3 Å². The normalized spacial score (nSPS) is 23.7. The molecule has 3 N–H and O–H groups in total. The first-order valence-electron chi connectivity index (χ1n) is 5.71. The van der Waals surface area contributed by atoms with E-state index in [1.807, 2.05) is 12.3 Å². The van der Waals surface area contributed by atoms with Crippen molar-refractivity contribution in [3.8, 4) is 0 Å². The minimum absolute atomic E-state index is 0.266. The van der Waals surface area contributed by atoms with Gasteiger partial charge in [0.2, 0.25) is 0 Å². The van der Waals surface area contributed by atoms with Gasteiger partial charge in [0.25, 0.3) is 0 Å². The van der Waals surface area contributed by atoms with Gasteiger partial charge in [0.1, 0.15) is 0 Å². The molecule has 0 radical (unpaired) electrons. The summed E-state index contributed by atoms with van der Waals surface area (Å²) in [6.07, 6.45) is 7.17. The molecule has 1 aliphatic heterocycles. The third-order valence-corrected chi connectivity index (χ3v) is 3.13. The van der Waals surface area contributed by atoms with E-state index in [1.54, 1.807) is 6.20 Å². The number of piperidine rings is 1. The van der Waals surface area contributed by atoms with E-state index in [0.29, 0.717) is 5.92 Å². The average molecular weight is 205 g/mol. The maximum Gasteiger partial charge on any atom is 0.0300 e. The van der Waals surface area contributed by atoms with Gasteiger partial charge in [-0.3, -0.25) is 4.98 Å². The molecule has 3 nitrogen and oxygen atoms in total. The van der Waals surface area contributed by atoms with Gasteiger partial charge in [-0.05, 0) is 49.9 Å². The first kappa shape index (κ1) is 10.6. The van der Waals surface area contributed by atoms with Crippen molar-refractivity contribution in [2.45, 2.75) is 25.3 Å². The Hall–Kier alpha value is -0.930. The monoisotopic (exact) mass is 205 g/mol. The van der Waals surface area contributed by atoms with E-state index in [9.17, 15) is 0 Å². The Morgan fingerprint density at radius 3 is 3.20 bits per heavy atom. The fraction of sp³-hybridized carbons (Fsp3) is 0.583. The maximum atomic E-state index is 6.21. The molecular weight excluding hydrogens is 186 g/mol. The van der Waals surface area contributed by atoms with Crippen LogP contribution in [0, 0.1) is 5.92 Å². The average Bonchev–Trinajstić information content (AvgIpc) is 2.31. The van der Waals surface area contributed by atoms with Gasteiger partial charge < -0.3 is 11.1 Å². The quantitative estimate of drug-likeness (QED) is 0.772. The molecule has 0 amide bonds. The van der Waals surface area contributed by atoms with Crippen LogP contribution in [0.1, 0.15) is 18.4 Å². The van der Waals surface area contributed by atoms with Crippen LogP contribution in [0.2, 0.25) is 0 Å². The standard InChI is InChI=1S/C12H19N3/c13-12(11-4-2-6-15-9-11)7-10-3-1-5-14-8-10/h1,3,5,8,11-12,15H,2,4,6-7,9,13H2. The first-order chi connectivity index (χ1) is 7.36. The van der Waals surface area contributed by atoms with Crippen molar-refractivity contribution in [2.75, 3.05) is 13.1 Å². The smallest absolute Gasteiger partial charge is 0.0300 e. The summed E-state index contributed by atoms with van der Waals surface area (Å²) in [5.74, 6) is 0.624. The van der Waals surface area contributed by atoms with Crippen LogP contribution in [-0.4, -0.2) is 24.1 Å².